The van der Waals surface area contributed by atoms with Crippen LogP contribution in [0.25, 0.3) is 11.1 Å². The number of halogens is 1. The molecule has 9 nitrogen and oxygen atoms in total. The second-order valence-electron chi connectivity index (χ2n) is 7.17. The SMILES string of the molecule is O=c1ccn(C2O[C@H](CO)C(O)C2O)c(=O)n1Cc1cc(-c2ccccc2F)ccn1. The van der Waals surface area contributed by atoms with Gasteiger partial charge in [0.05, 0.1) is 18.8 Å². The molecule has 1 aromatic carbocycles. The first-order chi connectivity index (χ1) is 14.9. The van der Waals surface area contributed by atoms with E-state index in [1.807, 2.05) is 0 Å². The average molecular weight is 429 g/mol. The first-order valence-electron chi connectivity index (χ1n) is 9.55. The van der Waals surface area contributed by atoms with E-state index in [-0.39, 0.29) is 6.54 Å². The summed E-state index contributed by atoms with van der Waals surface area (Å²) in [5.74, 6) is -0.414. The zero-order chi connectivity index (χ0) is 22.1. The van der Waals surface area contributed by atoms with E-state index in [1.54, 1.807) is 30.3 Å². The van der Waals surface area contributed by atoms with Gasteiger partial charge in [0.2, 0.25) is 0 Å². The molecule has 1 fully saturated rings. The van der Waals surface area contributed by atoms with Crippen LogP contribution < -0.4 is 11.2 Å². The molecule has 0 saturated carbocycles. The molecule has 3 aromatic rings. The van der Waals surface area contributed by atoms with Crippen LogP contribution >= 0.6 is 0 Å². The van der Waals surface area contributed by atoms with Crippen molar-refractivity contribution >= 4 is 0 Å². The third kappa shape index (κ3) is 3.93. The van der Waals surface area contributed by atoms with Crippen molar-refractivity contribution in [2.45, 2.75) is 31.1 Å². The molecule has 2 aromatic heterocycles. The molecule has 0 spiro atoms. The predicted octanol–water partition coefficient (Wildman–Crippen LogP) is -0.129. The van der Waals surface area contributed by atoms with E-state index in [2.05, 4.69) is 4.98 Å². The second kappa shape index (κ2) is 8.52. The van der Waals surface area contributed by atoms with Crippen molar-refractivity contribution in [3.8, 4) is 11.1 Å². The van der Waals surface area contributed by atoms with Gasteiger partial charge in [0.25, 0.3) is 5.56 Å². The van der Waals surface area contributed by atoms with Crippen molar-refractivity contribution in [2.75, 3.05) is 6.61 Å². The first-order valence-corrected chi connectivity index (χ1v) is 9.55. The summed E-state index contributed by atoms with van der Waals surface area (Å²) in [5.41, 5.74) is -0.156. The number of rotatable bonds is 5. The Morgan fingerprint density at radius 2 is 1.87 bits per heavy atom. The summed E-state index contributed by atoms with van der Waals surface area (Å²) in [6.07, 6.45) is -2.58. The molecule has 4 atom stereocenters. The normalized spacial score (nSPS) is 23.2. The highest BCUT2D eigenvalue weighted by atomic mass is 19.1. The van der Waals surface area contributed by atoms with Crippen LogP contribution in [0.15, 0.2) is 64.4 Å². The monoisotopic (exact) mass is 429 g/mol. The Bertz CT molecular complexity index is 1210. The van der Waals surface area contributed by atoms with E-state index in [0.717, 1.165) is 21.4 Å². The van der Waals surface area contributed by atoms with E-state index in [0.29, 0.717) is 16.8 Å². The Hall–Kier alpha value is -3.18. The number of ether oxygens (including phenoxy) is 1. The molecule has 1 aliphatic heterocycles. The minimum atomic E-state index is -1.47. The van der Waals surface area contributed by atoms with E-state index in [4.69, 9.17) is 4.74 Å². The summed E-state index contributed by atoms with van der Waals surface area (Å²) in [6, 6.07) is 10.5. The Labute approximate surface area is 175 Å². The van der Waals surface area contributed by atoms with Crippen LogP contribution in [-0.4, -0.2) is 54.4 Å². The van der Waals surface area contributed by atoms with Crippen molar-refractivity contribution in [3.63, 3.8) is 0 Å². The molecule has 3 unspecified atom stereocenters. The molecule has 0 amide bonds. The third-order valence-electron chi connectivity index (χ3n) is 5.21. The highest BCUT2D eigenvalue weighted by Gasteiger charge is 2.43. The van der Waals surface area contributed by atoms with Crippen molar-refractivity contribution < 1.29 is 24.4 Å². The number of nitrogens with zero attached hydrogens (tertiary/aromatic N) is 3. The summed E-state index contributed by atoms with van der Waals surface area (Å²) in [5, 5.41) is 29.4. The van der Waals surface area contributed by atoms with Crippen molar-refractivity contribution in [1.29, 1.82) is 0 Å². The molecule has 3 N–H and O–H groups in total. The summed E-state index contributed by atoms with van der Waals surface area (Å²) in [7, 11) is 0. The fraction of sp³-hybridized carbons (Fsp3) is 0.286. The van der Waals surface area contributed by atoms with Gasteiger partial charge < -0.3 is 20.1 Å². The molecule has 162 valence electrons. The van der Waals surface area contributed by atoms with Gasteiger partial charge in [-0.3, -0.25) is 18.9 Å². The van der Waals surface area contributed by atoms with E-state index < -0.39 is 48.2 Å². The first kappa shape index (κ1) is 21.1. The Balaban J connectivity index is 1.69. The molecular formula is C21H20FN3O6. The number of aromatic nitrogens is 3. The quantitative estimate of drug-likeness (QED) is 0.516. The van der Waals surface area contributed by atoms with Crippen LogP contribution in [0.2, 0.25) is 0 Å². The van der Waals surface area contributed by atoms with E-state index >= 15 is 0 Å². The van der Waals surface area contributed by atoms with Crippen LogP contribution in [0.3, 0.4) is 0 Å². The lowest BCUT2D eigenvalue weighted by Gasteiger charge is -2.18. The third-order valence-corrected chi connectivity index (χ3v) is 5.21. The maximum atomic E-state index is 14.1. The second-order valence-corrected chi connectivity index (χ2v) is 7.17. The molecule has 0 aliphatic carbocycles. The van der Waals surface area contributed by atoms with Crippen LogP contribution in [0.5, 0.6) is 0 Å². The van der Waals surface area contributed by atoms with Crippen molar-refractivity contribution in [2.24, 2.45) is 0 Å². The molecule has 4 rings (SSSR count). The van der Waals surface area contributed by atoms with Gasteiger partial charge in [-0.05, 0) is 23.8 Å². The van der Waals surface area contributed by atoms with E-state index in [1.165, 1.54) is 12.3 Å². The predicted molar refractivity (Wildman–Crippen MR) is 107 cm³/mol. The Kier molecular flexibility index (Phi) is 5.79. The fourth-order valence-electron chi connectivity index (χ4n) is 3.57. The maximum Gasteiger partial charge on any atom is 0.333 e. The smallest absolute Gasteiger partial charge is 0.333 e. The molecule has 1 saturated heterocycles. The molecule has 0 bridgehead atoms. The van der Waals surface area contributed by atoms with Gasteiger partial charge in [0.15, 0.2) is 6.23 Å². The van der Waals surface area contributed by atoms with Gasteiger partial charge in [-0.25, -0.2) is 9.18 Å². The summed E-state index contributed by atoms with van der Waals surface area (Å²) >= 11 is 0. The van der Waals surface area contributed by atoms with Gasteiger partial charge >= 0.3 is 5.69 Å². The Morgan fingerprint density at radius 3 is 2.58 bits per heavy atom. The molecule has 31 heavy (non-hydrogen) atoms. The average Bonchev–Trinajstić information content (AvgIpc) is 3.05. The summed E-state index contributed by atoms with van der Waals surface area (Å²) in [6.45, 7) is -0.745. The van der Waals surface area contributed by atoms with Crippen molar-refractivity contribution in [3.05, 3.63) is 87.2 Å². The van der Waals surface area contributed by atoms with Gasteiger partial charge in [0, 0.05) is 24.0 Å². The maximum absolute atomic E-state index is 14.1. The van der Waals surface area contributed by atoms with Crippen LogP contribution in [0.4, 0.5) is 4.39 Å². The number of hydrogen-bond acceptors (Lipinski definition) is 7. The van der Waals surface area contributed by atoms with Gasteiger partial charge in [-0.15, -0.1) is 0 Å². The number of benzene rings is 1. The summed E-state index contributed by atoms with van der Waals surface area (Å²) < 4.78 is 21.4. The van der Waals surface area contributed by atoms with Gasteiger partial charge in [-0.2, -0.15) is 0 Å². The Morgan fingerprint density at radius 1 is 1.10 bits per heavy atom. The van der Waals surface area contributed by atoms with Gasteiger partial charge in [0.1, 0.15) is 24.1 Å². The molecular weight excluding hydrogens is 409 g/mol. The molecule has 3 heterocycles. The van der Waals surface area contributed by atoms with E-state index in [9.17, 15) is 29.3 Å². The zero-order valence-corrected chi connectivity index (χ0v) is 16.2. The number of aliphatic hydroxyl groups excluding tert-OH is 3. The molecule has 0 radical (unpaired) electrons. The number of hydrogen-bond donors (Lipinski definition) is 3. The number of pyridine rings is 1. The standard InChI is InChI=1S/C21H20FN3O6/c22-15-4-2-1-3-14(15)12-5-7-23-13(9-12)10-25-17(27)6-8-24(21(25)30)20-19(29)18(28)16(11-26)31-20/h1-9,16,18-20,26,28-29H,10-11H2/t16-,18?,19?,20?/m1/s1. The lowest BCUT2D eigenvalue weighted by Crippen LogP contribution is -2.43. The summed E-state index contributed by atoms with van der Waals surface area (Å²) in [4.78, 5) is 29.5. The van der Waals surface area contributed by atoms with Crippen LogP contribution in [-0.2, 0) is 11.3 Å². The topological polar surface area (TPSA) is 127 Å². The van der Waals surface area contributed by atoms with Crippen LogP contribution in [0, 0.1) is 5.82 Å². The lowest BCUT2D eigenvalue weighted by atomic mass is 10.1. The zero-order valence-electron chi connectivity index (χ0n) is 16.2. The van der Waals surface area contributed by atoms with Gasteiger partial charge in [-0.1, -0.05) is 18.2 Å². The number of aliphatic hydroxyl groups is 3. The lowest BCUT2D eigenvalue weighted by molar-refractivity contribution is -0.0555. The van der Waals surface area contributed by atoms with Crippen molar-refractivity contribution in [1.82, 2.24) is 14.1 Å². The highest BCUT2D eigenvalue weighted by Crippen LogP contribution is 2.28. The fourth-order valence-corrected chi connectivity index (χ4v) is 3.57. The highest BCUT2D eigenvalue weighted by molar-refractivity contribution is 5.63. The minimum absolute atomic E-state index is 0.199. The molecule has 1 aliphatic rings. The van der Waals surface area contributed by atoms with Crippen LogP contribution in [0.1, 0.15) is 11.9 Å². The largest absolute Gasteiger partial charge is 0.394 e. The molecule has 10 heteroatoms. The minimum Gasteiger partial charge on any atom is -0.394 e.